The maximum Gasteiger partial charge on any atom is 0.00697 e. The van der Waals surface area contributed by atoms with E-state index in [2.05, 4.69) is 25.7 Å². The van der Waals surface area contributed by atoms with Crippen molar-refractivity contribution in [3.8, 4) is 0 Å². The van der Waals surface area contributed by atoms with Gasteiger partial charge in [0.25, 0.3) is 0 Å². The summed E-state index contributed by atoms with van der Waals surface area (Å²) in [5.41, 5.74) is 5.77. The minimum Gasteiger partial charge on any atom is -0.330 e. The van der Waals surface area contributed by atoms with E-state index >= 15 is 0 Å². The molecule has 3 unspecified atom stereocenters. The first-order chi connectivity index (χ1) is 6.19. The molecule has 2 nitrogen and oxygen atoms in total. The second-order valence-corrected chi connectivity index (χ2v) is 4.55. The van der Waals surface area contributed by atoms with Crippen LogP contribution in [-0.4, -0.2) is 30.6 Å². The topological polar surface area (TPSA) is 29.3 Å². The molecule has 78 valence electrons. The van der Waals surface area contributed by atoms with Crippen LogP contribution in [-0.2, 0) is 0 Å². The predicted octanol–water partition coefficient (Wildman–Crippen LogP) is 1.70. The van der Waals surface area contributed by atoms with Crippen molar-refractivity contribution in [2.45, 2.75) is 39.7 Å². The van der Waals surface area contributed by atoms with Crippen molar-refractivity contribution in [3.63, 3.8) is 0 Å². The van der Waals surface area contributed by atoms with Gasteiger partial charge in [-0.1, -0.05) is 13.8 Å². The fourth-order valence-corrected chi connectivity index (χ4v) is 2.45. The number of hydrogen-bond acceptors (Lipinski definition) is 2. The highest BCUT2D eigenvalue weighted by Crippen LogP contribution is 2.26. The molecule has 1 fully saturated rings. The molecule has 2 N–H and O–H groups in total. The quantitative estimate of drug-likeness (QED) is 0.723. The molecule has 0 radical (unpaired) electrons. The zero-order chi connectivity index (χ0) is 9.84. The van der Waals surface area contributed by atoms with Crippen molar-refractivity contribution in [1.82, 2.24) is 4.90 Å². The summed E-state index contributed by atoms with van der Waals surface area (Å²) in [7, 11) is 0. The molecule has 3 atom stereocenters. The van der Waals surface area contributed by atoms with E-state index < -0.39 is 0 Å². The Hall–Kier alpha value is -0.0800. The van der Waals surface area contributed by atoms with Gasteiger partial charge in [0.2, 0.25) is 0 Å². The van der Waals surface area contributed by atoms with Gasteiger partial charge in [0, 0.05) is 12.6 Å². The zero-order valence-electron chi connectivity index (χ0n) is 9.29. The largest absolute Gasteiger partial charge is 0.330 e. The molecule has 2 heteroatoms. The molecule has 1 aliphatic rings. The third-order valence-corrected chi connectivity index (χ3v) is 3.42. The maximum absolute atomic E-state index is 5.77. The van der Waals surface area contributed by atoms with Gasteiger partial charge in [0.1, 0.15) is 0 Å². The zero-order valence-corrected chi connectivity index (χ0v) is 9.29. The van der Waals surface area contributed by atoms with Crippen LogP contribution in [0.3, 0.4) is 0 Å². The van der Waals surface area contributed by atoms with Crippen molar-refractivity contribution in [2.75, 3.05) is 19.6 Å². The average Bonchev–Trinajstić information content (AvgIpc) is 2.10. The molecular formula is C11H24N2. The Morgan fingerprint density at radius 2 is 2.08 bits per heavy atom. The molecule has 1 saturated heterocycles. The minimum absolute atomic E-state index is 0.725. The first-order valence-corrected chi connectivity index (χ1v) is 5.63. The average molecular weight is 184 g/mol. The molecule has 0 aliphatic carbocycles. The summed E-state index contributed by atoms with van der Waals surface area (Å²) in [5, 5.41) is 0. The lowest BCUT2D eigenvalue weighted by atomic mass is 9.83. The molecule has 1 aliphatic heterocycles. The van der Waals surface area contributed by atoms with Crippen LogP contribution in [0, 0.1) is 11.8 Å². The van der Waals surface area contributed by atoms with E-state index in [-0.39, 0.29) is 0 Å². The highest BCUT2D eigenvalue weighted by molar-refractivity contribution is 4.83. The summed E-state index contributed by atoms with van der Waals surface area (Å²) < 4.78 is 0. The van der Waals surface area contributed by atoms with Crippen LogP contribution in [0.15, 0.2) is 0 Å². The van der Waals surface area contributed by atoms with Gasteiger partial charge >= 0.3 is 0 Å². The van der Waals surface area contributed by atoms with Crippen molar-refractivity contribution < 1.29 is 0 Å². The summed E-state index contributed by atoms with van der Waals surface area (Å²) in [6.45, 7) is 10.3. The van der Waals surface area contributed by atoms with Crippen LogP contribution in [0.4, 0.5) is 0 Å². The summed E-state index contributed by atoms with van der Waals surface area (Å²) in [4.78, 5) is 2.59. The lowest BCUT2D eigenvalue weighted by Crippen LogP contribution is -2.47. The van der Waals surface area contributed by atoms with E-state index in [4.69, 9.17) is 5.73 Å². The molecule has 0 amide bonds. The fourth-order valence-electron chi connectivity index (χ4n) is 2.45. The number of likely N-dealkylation sites (tertiary alicyclic amines) is 1. The van der Waals surface area contributed by atoms with E-state index in [1.165, 1.54) is 25.9 Å². The molecule has 0 aromatic carbocycles. The number of hydrogen-bond donors (Lipinski definition) is 1. The third-order valence-electron chi connectivity index (χ3n) is 3.42. The molecule has 1 heterocycles. The smallest absolute Gasteiger partial charge is 0.00697 e. The normalized spacial score (nSPS) is 36.5. The Balaban J connectivity index is 2.48. The van der Waals surface area contributed by atoms with Crippen LogP contribution >= 0.6 is 0 Å². The van der Waals surface area contributed by atoms with Crippen LogP contribution in [0.25, 0.3) is 0 Å². The number of rotatable bonds is 3. The summed E-state index contributed by atoms with van der Waals surface area (Å²) in [6.07, 6.45) is 2.58. The first kappa shape index (κ1) is 11.0. The second-order valence-electron chi connectivity index (χ2n) is 4.55. The minimum atomic E-state index is 0.725. The van der Waals surface area contributed by atoms with Crippen molar-refractivity contribution in [3.05, 3.63) is 0 Å². The van der Waals surface area contributed by atoms with E-state index in [0.29, 0.717) is 0 Å². The Kier molecular flexibility index (Phi) is 4.20. The molecular weight excluding hydrogens is 160 g/mol. The van der Waals surface area contributed by atoms with Crippen molar-refractivity contribution in [1.29, 1.82) is 0 Å². The van der Waals surface area contributed by atoms with Crippen molar-refractivity contribution in [2.24, 2.45) is 17.6 Å². The summed E-state index contributed by atoms with van der Waals surface area (Å²) >= 11 is 0. The van der Waals surface area contributed by atoms with Gasteiger partial charge in [-0.2, -0.15) is 0 Å². The van der Waals surface area contributed by atoms with E-state index in [1.54, 1.807) is 0 Å². The maximum atomic E-state index is 5.77. The lowest BCUT2D eigenvalue weighted by molar-refractivity contribution is 0.0817. The molecule has 0 spiro atoms. The Labute approximate surface area is 82.5 Å². The third kappa shape index (κ3) is 2.68. The predicted molar refractivity (Wildman–Crippen MR) is 57.7 cm³/mol. The highest BCUT2D eigenvalue weighted by atomic mass is 15.2. The van der Waals surface area contributed by atoms with Crippen LogP contribution < -0.4 is 5.73 Å². The SMILES string of the molecule is CCCN1CC(CN)C(C)CC1C. The van der Waals surface area contributed by atoms with Gasteiger partial charge in [-0.3, -0.25) is 0 Å². The van der Waals surface area contributed by atoms with E-state index in [9.17, 15) is 0 Å². The second kappa shape index (κ2) is 4.97. The summed E-state index contributed by atoms with van der Waals surface area (Å²) in [6, 6.07) is 0.762. The molecule has 0 aromatic heterocycles. The van der Waals surface area contributed by atoms with Crippen LogP contribution in [0.1, 0.15) is 33.6 Å². The Bertz CT molecular complexity index is 147. The number of piperidine rings is 1. The van der Waals surface area contributed by atoms with Gasteiger partial charge in [0.15, 0.2) is 0 Å². The Morgan fingerprint density at radius 1 is 1.38 bits per heavy atom. The molecule has 0 saturated carbocycles. The van der Waals surface area contributed by atoms with Gasteiger partial charge < -0.3 is 10.6 Å². The lowest BCUT2D eigenvalue weighted by Gasteiger charge is -2.41. The monoisotopic (exact) mass is 184 g/mol. The molecule has 0 aromatic rings. The van der Waals surface area contributed by atoms with E-state index in [1.807, 2.05) is 0 Å². The first-order valence-electron chi connectivity index (χ1n) is 5.63. The molecule has 13 heavy (non-hydrogen) atoms. The van der Waals surface area contributed by atoms with Gasteiger partial charge in [-0.15, -0.1) is 0 Å². The van der Waals surface area contributed by atoms with Crippen LogP contribution in [0.5, 0.6) is 0 Å². The molecule has 0 bridgehead atoms. The number of nitrogens with two attached hydrogens (primary N) is 1. The summed E-state index contributed by atoms with van der Waals surface area (Å²) in [5.74, 6) is 1.54. The van der Waals surface area contributed by atoms with Gasteiger partial charge in [-0.25, -0.2) is 0 Å². The molecule has 1 rings (SSSR count). The van der Waals surface area contributed by atoms with Gasteiger partial charge in [-0.05, 0) is 44.7 Å². The fraction of sp³-hybridized carbons (Fsp3) is 1.00. The van der Waals surface area contributed by atoms with Gasteiger partial charge in [0.05, 0.1) is 0 Å². The van der Waals surface area contributed by atoms with E-state index in [0.717, 1.165) is 24.4 Å². The highest BCUT2D eigenvalue weighted by Gasteiger charge is 2.29. The van der Waals surface area contributed by atoms with Crippen molar-refractivity contribution >= 4 is 0 Å². The van der Waals surface area contributed by atoms with Crippen LogP contribution in [0.2, 0.25) is 0 Å². The number of nitrogens with zero attached hydrogens (tertiary/aromatic N) is 1. The Morgan fingerprint density at radius 3 is 2.62 bits per heavy atom. The standard InChI is InChI=1S/C11H24N2/c1-4-5-13-8-11(7-12)9(2)6-10(13)3/h9-11H,4-8,12H2,1-3H3.